The van der Waals surface area contributed by atoms with E-state index in [4.69, 9.17) is 9.84 Å². The van der Waals surface area contributed by atoms with E-state index in [0.717, 1.165) is 30.9 Å². The molecule has 1 aromatic rings. The van der Waals surface area contributed by atoms with Gasteiger partial charge >= 0.3 is 6.09 Å². The van der Waals surface area contributed by atoms with Crippen molar-refractivity contribution in [3.63, 3.8) is 0 Å². The molecule has 5 heteroatoms. The molecule has 0 radical (unpaired) electrons. The lowest BCUT2D eigenvalue weighted by Crippen LogP contribution is -2.41. The average molecular weight is 264 g/mol. The summed E-state index contributed by atoms with van der Waals surface area (Å²) in [5.74, 6) is 0.825. The molecule has 19 heavy (non-hydrogen) atoms. The Morgan fingerprint density at radius 2 is 2.37 bits per heavy atom. The molecule has 1 amide bonds. The Kier molecular flexibility index (Phi) is 4.14. The molecule has 0 aliphatic carbocycles. The number of benzene rings is 1. The Morgan fingerprint density at radius 1 is 1.58 bits per heavy atom. The number of hydrogen-bond acceptors (Lipinski definition) is 3. The summed E-state index contributed by atoms with van der Waals surface area (Å²) in [6.45, 7) is 4.03. The highest BCUT2D eigenvalue weighted by atomic mass is 16.5. The van der Waals surface area contributed by atoms with Crippen LogP contribution in [0.2, 0.25) is 0 Å². The van der Waals surface area contributed by atoms with Gasteiger partial charge in [-0.3, -0.25) is 0 Å². The average Bonchev–Trinajstić information content (AvgIpc) is 2.89. The number of hydrogen-bond donors (Lipinski definition) is 1. The van der Waals surface area contributed by atoms with E-state index in [1.165, 1.54) is 4.90 Å². The summed E-state index contributed by atoms with van der Waals surface area (Å²) < 4.78 is 5.22. The van der Waals surface area contributed by atoms with Crippen molar-refractivity contribution in [3.05, 3.63) is 24.3 Å². The molecule has 1 heterocycles. The third kappa shape index (κ3) is 2.92. The highest BCUT2D eigenvalue weighted by Crippen LogP contribution is 2.26. The number of likely N-dealkylation sites (N-methyl/N-ethyl adjacent to an activating group) is 1. The van der Waals surface area contributed by atoms with Gasteiger partial charge in [0.25, 0.3) is 0 Å². The Hall–Kier alpha value is -1.91. The van der Waals surface area contributed by atoms with Crippen molar-refractivity contribution in [2.75, 3.05) is 31.6 Å². The lowest BCUT2D eigenvalue weighted by Gasteiger charge is -2.25. The fourth-order valence-corrected chi connectivity index (χ4v) is 2.59. The molecule has 0 bridgehead atoms. The molecule has 1 aliphatic rings. The number of carboxylic acid groups (broad SMARTS) is 1. The van der Waals surface area contributed by atoms with E-state index >= 15 is 0 Å². The predicted molar refractivity (Wildman–Crippen MR) is 74.0 cm³/mol. The van der Waals surface area contributed by atoms with Crippen LogP contribution in [0.5, 0.6) is 5.75 Å². The first-order valence-electron chi connectivity index (χ1n) is 6.54. The first-order chi connectivity index (χ1) is 9.15. The van der Waals surface area contributed by atoms with Crippen LogP contribution in [0.25, 0.3) is 0 Å². The van der Waals surface area contributed by atoms with Crippen LogP contribution in [0.3, 0.4) is 0 Å². The number of amides is 1. The number of carbonyl (C=O) groups is 1. The Labute approximate surface area is 113 Å². The van der Waals surface area contributed by atoms with Gasteiger partial charge < -0.3 is 19.6 Å². The van der Waals surface area contributed by atoms with Gasteiger partial charge in [-0.25, -0.2) is 4.79 Å². The van der Waals surface area contributed by atoms with Gasteiger partial charge in [0.15, 0.2) is 0 Å². The van der Waals surface area contributed by atoms with Gasteiger partial charge in [0.05, 0.1) is 13.2 Å². The zero-order valence-electron chi connectivity index (χ0n) is 11.4. The monoisotopic (exact) mass is 264 g/mol. The minimum atomic E-state index is -0.833. The van der Waals surface area contributed by atoms with Crippen LogP contribution in [-0.2, 0) is 0 Å². The molecule has 0 spiro atoms. The van der Waals surface area contributed by atoms with Crippen LogP contribution in [-0.4, -0.2) is 48.9 Å². The minimum Gasteiger partial charge on any atom is -0.497 e. The molecule has 1 atom stereocenters. The van der Waals surface area contributed by atoms with Crippen molar-refractivity contribution < 1.29 is 14.6 Å². The van der Waals surface area contributed by atoms with E-state index in [2.05, 4.69) is 4.90 Å². The standard InChI is InChI=1S/C14H20N2O3/c1-3-16(14(17)18)12-7-8-15(10-12)11-5-4-6-13(9-11)19-2/h4-6,9,12H,3,7-8,10H2,1-2H3,(H,17,18)/t12-/m0/s1. The molecule has 1 aliphatic heterocycles. The van der Waals surface area contributed by atoms with Gasteiger partial charge in [0, 0.05) is 31.4 Å². The third-order valence-electron chi connectivity index (χ3n) is 3.61. The molecule has 1 N–H and O–H groups in total. The van der Waals surface area contributed by atoms with Gasteiger partial charge in [0.1, 0.15) is 5.75 Å². The van der Waals surface area contributed by atoms with Gasteiger partial charge in [0.2, 0.25) is 0 Å². The van der Waals surface area contributed by atoms with E-state index in [-0.39, 0.29) is 6.04 Å². The fourth-order valence-electron chi connectivity index (χ4n) is 2.59. The van der Waals surface area contributed by atoms with E-state index < -0.39 is 6.09 Å². The summed E-state index contributed by atoms with van der Waals surface area (Å²) >= 11 is 0. The maximum absolute atomic E-state index is 11.1. The maximum atomic E-state index is 11.1. The van der Waals surface area contributed by atoms with Crippen LogP contribution in [0, 0.1) is 0 Å². The molecule has 0 saturated carbocycles. The zero-order valence-corrected chi connectivity index (χ0v) is 11.4. The van der Waals surface area contributed by atoms with Gasteiger partial charge in [-0.1, -0.05) is 6.07 Å². The van der Waals surface area contributed by atoms with Crippen molar-refractivity contribution in [3.8, 4) is 5.75 Å². The summed E-state index contributed by atoms with van der Waals surface area (Å²) in [5.41, 5.74) is 1.09. The molecular formula is C14H20N2O3. The Bertz CT molecular complexity index is 450. The lowest BCUT2D eigenvalue weighted by atomic mass is 10.2. The van der Waals surface area contributed by atoms with Crippen LogP contribution in [0.15, 0.2) is 24.3 Å². The Morgan fingerprint density at radius 3 is 3.00 bits per heavy atom. The SMILES string of the molecule is CCN(C(=O)O)[C@H]1CCN(c2cccc(OC)c2)C1. The fraction of sp³-hybridized carbons (Fsp3) is 0.500. The summed E-state index contributed by atoms with van der Waals surface area (Å²) in [6.07, 6.45) is 0.0390. The van der Waals surface area contributed by atoms with Crippen molar-refractivity contribution in [2.24, 2.45) is 0 Å². The molecule has 0 aromatic heterocycles. The van der Waals surface area contributed by atoms with Crippen molar-refractivity contribution in [2.45, 2.75) is 19.4 Å². The van der Waals surface area contributed by atoms with E-state index in [9.17, 15) is 4.79 Å². The molecule has 0 unspecified atom stereocenters. The summed E-state index contributed by atoms with van der Waals surface area (Å²) in [4.78, 5) is 14.9. The Balaban J connectivity index is 2.07. The zero-order chi connectivity index (χ0) is 13.8. The lowest BCUT2D eigenvalue weighted by molar-refractivity contribution is 0.131. The van der Waals surface area contributed by atoms with Crippen molar-refractivity contribution >= 4 is 11.8 Å². The predicted octanol–water partition coefficient (Wildman–Crippen LogP) is 2.27. The second kappa shape index (κ2) is 5.82. The van der Waals surface area contributed by atoms with Crippen LogP contribution < -0.4 is 9.64 Å². The molecule has 1 fully saturated rings. The number of nitrogens with zero attached hydrogens (tertiary/aromatic N) is 2. The summed E-state index contributed by atoms with van der Waals surface area (Å²) in [6, 6.07) is 7.96. The van der Waals surface area contributed by atoms with E-state index in [1.807, 2.05) is 31.2 Å². The number of anilines is 1. The molecule has 1 saturated heterocycles. The largest absolute Gasteiger partial charge is 0.497 e. The quantitative estimate of drug-likeness (QED) is 0.906. The van der Waals surface area contributed by atoms with Gasteiger partial charge in [-0.05, 0) is 25.5 Å². The summed E-state index contributed by atoms with van der Waals surface area (Å²) in [7, 11) is 1.65. The minimum absolute atomic E-state index is 0.0775. The number of rotatable bonds is 4. The van der Waals surface area contributed by atoms with E-state index in [1.54, 1.807) is 7.11 Å². The molecule has 5 nitrogen and oxygen atoms in total. The smallest absolute Gasteiger partial charge is 0.407 e. The second-order valence-electron chi connectivity index (χ2n) is 4.66. The molecule has 104 valence electrons. The number of methoxy groups -OCH3 is 1. The highest BCUT2D eigenvalue weighted by Gasteiger charge is 2.29. The highest BCUT2D eigenvalue weighted by molar-refractivity contribution is 5.66. The topological polar surface area (TPSA) is 53.0 Å². The first kappa shape index (κ1) is 13.5. The van der Waals surface area contributed by atoms with E-state index in [0.29, 0.717) is 6.54 Å². The van der Waals surface area contributed by atoms with Gasteiger partial charge in [-0.15, -0.1) is 0 Å². The van der Waals surface area contributed by atoms with Crippen molar-refractivity contribution in [1.29, 1.82) is 0 Å². The van der Waals surface area contributed by atoms with Crippen LogP contribution in [0.4, 0.5) is 10.5 Å². The third-order valence-corrected chi connectivity index (χ3v) is 3.61. The molecule has 1 aromatic carbocycles. The second-order valence-corrected chi connectivity index (χ2v) is 4.66. The first-order valence-corrected chi connectivity index (χ1v) is 6.54. The molecule has 2 rings (SSSR count). The summed E-state index contributed by atoms with van der Waals surface area (Å²) in [5, 5.41) is 9.16. The van der Waals surface area contributed by atoms with Crippen LogP contribution in [0.1, 0.15) is 13.3 Å². The normalized spacial score (nSPS) is 18.4. The van der Waals surface area contributed by atoms with Gasteiger partial charge in [-0.2, -0.15) is 0 Å². The van der Waals surface area contributed by atoms with Crippen molar-refractivity contribution in [1.82, 2.24) is 4.90 Å². The molecular weight excluding hydrogens is 244 g/mol. The maximum Gasteiger partial charge on any atom is 0.407 e. The number of ether oxygens (including phenoxy) is 1. The van der Waals surface area contributed by atoms with Crippen LogP contribution >= 0.6 is 0 Å².